The van der Waals surface area contributed by atoms with Gasteiger partial charge in [0.05, 0.1) is 29.5 Å². The third kappa shape index (κ3) is 6.13. The van der Waals surface area contributed by atoms with Crippen molar-refractivity contribution in [1.82, 2.24) is 14.8 Å². The zero-order chi connectivity index (χ0) is 22.1. The van der Waals surface area contributed by atoms with Crippen molar-refractivity contribution in [3.8, 4) is 17.7 Å². The zero-order valence-electron chi connectivity index (χ0n) is 16.6. The molecule has 0 fully saturated rings. The van der Waals surface area contributed by atoms with E-state index >= 15 is 0 Å². The summed E-state index contributed by atoms with van der Waals surface area (Å²) < 4.78 is 12.3. The molecule has 0 atom stereocenters. The SMILES string of the molecule is CCn1c(SCC(=O)OCC(=O)Nc2ccccc2SCC#N)nnc1-c1ccco1. The lowest BCUT2D eigenvalue weighted by Gasteiger charge is -2.10. The van der Waals surface area contributed by atoms with E-state index in [1.165, 1.54) is 23.5 Å². The second-order valence-corrected chi connectivity index (χ2v) is 7.93. The largest absolute Gasteiger partial charge is 0.461 e. The normalized spacial score (nSPS) is 10.5. The molecule has 0 saturated carbocycles. The fourth-order valence-corrected chi connectivity index (χ4v) is 4.04. The van der Waals surface area contributed by atoms with Gasteiger partial charge in [-0.15, -0.1) is 22.0 Å². The number of ether oxygens (including phenoxy) is 1. The molecule has 11 heteroatoms. The van der Waals surface area contributed by atoms with Gasteiger partial charge in [0.15, 0.2) is 23.3 Å². The standard InChI is InChI=1S/C20H19N5O4S2/c1-2-25-19(15-7-5-10-28-15)23-24-20(25)31-13-18(27)29-12-17(26)22-14-6-3-4-8-16(14)30-11-9-21/h3-8,10H,2,11-13H2,1H3,(H,22,26). The number of carbonyl (C=O) groups excluding carboxylic acids is 2. The van der Waals surface area contributed by atoms with Gasteiger partial charge in [0.25, 0.3) is 5.91 Å². The topological polar surface area (TPSA) is 123 Å². The molecule has 3 rings (SSSR count). The molecule has 31 heavy (non-hydrogen) atoms. The Morgan fingerprint density at radius 3 is 2.81 bits per heavy atom. The highest BCUT2D eigenvalue weighted by atomic mass is 32.2. The molecule has 2 aromatic heterocycles. The molecular formula is C20H19N5O4S2. The molecular weight excluding hydrogens is 438 g/mol. The first kappa shape index (κ1) is 22.5. The molecule has 0 bridgehead atoms. The summed E-state index contributed by atoms with van der Waals surface area (Å²) in [5.74, 6) is 0.420. The number of nitrogens with one attached hydrogen (secondary N) is 1. The molecule has 0 aliphatic carbocycles. The first-order chi connectivity index (χ1) is 15.1. The van der Waals surface area contributed by atoms with Crippen LogP contribution in [0.3, 0.4) is 0 Å². The number of furan rings is 1. The minimum atomic E-state index is -0.544. The van der Waals surface area contributed by atoms with Gasteiger partial charge in [-0.1, -0.05) is 23.9 Å². The van der Waals surface area contributed by atoms with Crippen LogP contribution in [-0.4, -0.2) is 44.8 Å². The summed E-state index contributed by atoms with van der Waals surface area (Å²) in [7, 11) is 0. The number of esters is 1. The van der Waals surface area contributed by atoms with Crippen molar-refractivity contribution in [1.29, 1.82) is 5.26 Å². The molecule has 9 nitrogen and oxygen atoms in total. The van der Waals surface area contributed by atoms with Crippen molar-refractivity contribution >= 4 is 41.1 Å². The molecule has 1 N–H and O–H groups in total. The quantitative estimate of drug-likeness (QED) is 0.360. The predicted molar refractivity (Wildman–Crippen MR) is 116 cm³/mol. The Morgan fingerprint density at radius 2 is 2.06 bits per heavy atom. The molecule has 1 amide bonds. The molecule has 3 aromatic rings. The third-order valence-electron chi connectivity index (χ3n) is 3.91. The number of thioether (sulfide) groups is 2. The Bertz CT molecular complexity index is 1080. The number of rotatable bonds is 10. The highest BCUT2D eigenvalue weighted by Crippen LogP contribution is 2.27. The summed E-state index contributed by atoms with van der Waals surface area (Å²) >= 11 is 2.49. The maximum atomic E-state index is 12.1. The van der Waals surface area contributed by atoms with Crippen molar-refractivity contribution in [3.63, 3.8) is 0 Å². The van der Waals surface area contributed by atoms with Gasteiger partial charge in [-0.25, -0.2) is 0 Å². The highest BCUT2D eigenvalue weighted by Gasteiger charge is 2.17. The average Bonchev–Trinajstić information content (AvgIpc) is 3.45. The zero-order valence-corrected chi connectivity index (χ0v) is 18.2. The van der Waals surface area contributed by atoms with E-state index in [1.807, 2.05) is 23.6 Å². The Labute approximate surface area is 187 Å². The van der Waals surface area contributed by atoms with E-state index in [0.717, 1.165) is 4.90 Å². The van der Waals surface area contributed by atoms with Crippen LogP contribution >= 0.6 is 23.5 Å². The summed E-state index contributed by atoms with van der Waals surface area (Å²) in [5, 5.41) is 20.2. The van der Waals surface area contributed by atoms with Crippen LogP contribution in [0.4, 0.5) is 5.69 Å². The lowest BCUT2D eigenvalue weighted by atomic mass is 10.3. The summed E-state index contributed by atoms with van der Waals surface area (Å²) in [5.41, 5.74) is 0.569. The van der Waals surface area contributed by atoms with E-state index in [2.05, 4.69) is 15.5 Å². The number of hydrogen-bond donors (Lipinski definition) is 1. The van der Waals surface area contributed by atoms with Gasteiger partial charge >= 0.3 is 5.97 Å². The van der Waals surface area contributed by atoms with Crippen molar-refractivity contribution < 1.29 is 18.7 Å². The maximum absolute atomic E-state index is 12.1. The van der Waals surface area contributed by atoms with Crippen molar-refractivity contribution in [2.24, 2.45) is 0 Å². The molecule has 0 spiro atoms. The monoisotopic (exact) mass is 457 g/mol. The fraction of sp³-hybridized carbons (Fsp3) is 0.250. The average molecular weight is 458 g/mol. The van der Waals surface area contributed by atoms with Crippen molar-refractivity contribution in [3.05, 3.63) is 42.7 Å². The number of aromatic nitrogens is 3. The van der Waals surface area contributed by atoms with Crippen LogP contribution in [0.1, 0.15) is 6.92 Å². The second kappa shape index (κ2) is 11.2. The van der Waals surface area contributed by atoms with Gasteiger partial charge in [0.1, 0.15) is 0 Å². The lowest BCUT2D eigenvalue weighted by molar-refractivity contribution is -0.144. The van der Waals surface area contributed by atoms with Gasteiger partial charge < -0.3 is 14.5 Å². The molecule has 0 radical (unpaired) electrons. The van der Waals surface area contributed by atoms with Crippen LogP contribution in [0.15, 0.2) is 57.1 Å². The summed E-state index contributed by atoms with van der Waals surface area (Å²) in [6.07, 6.45) is 1.56. The van der Waals surface area contributed by atoms with E-state index in [4.69, 9.17) is 14.4 Å². The molecule has 2 heterocycles. The van der Waals surface area contributed by atoms with Gasteiger partial charge in [-0.2, -0.15) is 5.26 Å². The van der Waals surface area contributed by atoms with Crippen LogP contribution < -0.4 is 5.32 Å². The molecule has 0 aliphatic rings. The molecule has 0 aliphatic heterocycles. The van der Waals surface area contributed by atoms with Crippen LogP contribution in [0.25, 0.3) is 11.6 Å². The fourth-order valence-electron chi connectivity index (χ4n) is 2.57. The molecule has 0 saturated heterocycles. The molecule has 1 aromatic carbocycles. The Hall–Kier alpha value is -3.23. The number of carbonyl (C=O) groups is 2. The summed E-state index contributed by atoms with van der Waals surface area (Å²) in [6.45, 7) is 2.13. The van der Waals surface area contributed by atoms with Gasteiger partial charge in [-0.3, -0.25) is 14.2 Å². The number of anilines is 1. The minimum absolute atomic E-state index is 0.0157. The Morgan fingerprint density at radius 1 is 1.23 bits per heavy atom. The van der Waals surface area contributed by atoms with Crippen molar-refractivity contribution in [2.75, 3.05) is 23.4 Å². The van der Waals surface area contributed by atoms with Crippen molar-refractivity contribution in [2.45, 2.75) is 23.5 Å². The number of para-hydroxylation sites is 1. The lowest BCUT2D eigenvalue weighted by Crippen LogP contribution is -2.22. The third-order valence-corrected chi connectivity index (χ3v) is 5.79. The van der Waals surface area contributed by atoms with E-state index in [1.54, 1.807) is 36.6 Å². The first-order valence-corrected chi connectivity index (χ1v) is 11.2. The highest BCUT2D eigenvalue weighted by molar-refractivity contribution is 8.00. The van der Waals surface area contributed by atoms with Crippen LogP contribution in [0.2, 0.25) is 0 Å². The first-order valence-electron chi connectivity index (χ1n) is 9.26. The van der Waals surface area contributed by atoms with E-state index < -0.39 is 18.5 Å². The minimum Gasteiger partial charge on any atom is -0.461 e. The van der Waals surface area contributed by atoms with Crippen LogP contribution in [0.5, 0.6) is 0 Å². The summed E-state index contributed by atoms with van der Waals surface area (Å²) in [4.78, 5) is 25.0. The van der Waals surface area contributed by atoms with E-state index in [9.17, 15) is 9.59 Å². The van der Waals surface area contributed by atoms with Crippen LogP contribution in [-0.2, 0) is 20.9 Å². The number of hydrogen-bond acceptors (Lipinski definition) is 9. The van der Waals surface area contributed by atoms with Crippen LogP contribution in [0, 0.1) is 11.3 Å². The molecule has 0 unspecified atom stereocenters. The summed E-state index contributed by atoms with van der Waals surface area (Å²) in [6, 6.07) is 12.7. The van der Waals surface area contributed by atoms with Gasteiger partial charge in [-0.05, 0) is 31.2 Å². The van der Waals surface area contributed by atoms with Gasteiger partial charge in [0.2, 0.25) is 0 Å². The second-order valence-electron chi connectivity index (χ2n) is 5.97. The molecule has 160 valence electrons. The number of nitriles is 1. The van der Waals surface area contributed by atoms with E-state index in [-0.39, 0.29) is 11.5 Å². The Kier molecular flexibility index (Phi) is 8.14. The van der Waals surface area contributed by atoms with Gasteiger partial charge in [0, 0.05) is 11.4 Å². The Balaban J connectivity index is 1.49. The maximum Gasteiger partial charge on any atom is 0.316 e. The number of amides is 1. The number of benzene rings is 1. The predicted octanol–water partition coefficient (Wildman–Crippen LogP) is 3.45. The van der Waals surface area contributed by atoms with E-state index in [0.29, 0.717) is 29.0 Å². The smallest absolute Gasteiger partial charge is 0.316 e. The number of nitrogens with zero attached hydrogens (tertiary/aromatic N) is 4.